The van der Waals surface area contributed by atoms with Crippen LogP contribution in [0.5, 0.6) is 0 Å². The summed E-state index contributed by atoms with van der Waals surface area (Å²) in [7, 11) is 0. The van der Waals surface area contributed by atoms with Gasteiger partial charge in [0.25, 0.3) is 0 Å². The van der Waals surface area contributed by atoms with Crippen LogP contribution in [0.15, 0.2) is 23.2 Å². The third-order valence-corrected chi connectivity index (χ3v) is 1.51. The highest BCUT2D eigenvalue weighted by molar-refractivity contribution is 5.62. The summed E-state index contributed by atoms with van der Waals surface area (Å²) in [5.41, 5.74) is 1.30. The van der Waals surface area contributed by atoms with E-state index in [2.05, 4.69) is 4.99 Å². The van der Waals surface area contributed by atoms with E-state index in [-0.39, 0.29) is 5.82 Å². The summed E-state index contributed by atoms with van der Waals surface area (Å²) >= 11 is 0. The predicted molar refractivity (Wildman–Crippen MR) is 45.0 cm³/mol. The van der Waals surface area contributed by atoms with Crippen LogP contribution in [0.25, 0.3) is 0 Å². The molecule has 0 unspecified atom stereocenters. The van der Waals surface area contributed by atoms with Crippen LogP contribution in [-0.2, 0) is 0 Å². The highest BCUT2D eigenvalue weighted by Gasteiger charge is 1.99. The van der Waals surface area contributed by atoms with Gasteiger partial charge in [-0.3, -0.25) is 4.99 Å². The standard InChI is InChI=1S/C9H10FN/c1-3-11-9-6-4-5-8(10)7(9)2/h3-6H,1-2H3. The normalized spacial score (nSPS) is 10.8. The number of hydrogen-bond acceptors (Lipinski definition) is 1. The van der Waals surface area contributed by atoms with Crippen molar-refractivity contribution >= 4 is 11.9 Å². The molecule has 0 N–H and O–H groups in total. The summed E-state index contributed by atoms with van der Waals surface area (Å²) in [6, 6.07) is 4.88. The van der Waals surface area contributed by atoms with Crippen molar-refractivity contribution in [2.45, 2.75) is 13.8 Å². The van der Waals surface area contributed by atoms with Crippen LogP contribution in [-0.4, -0.2) is 6.21 Å². The van der Waals surface area contributed by atoms with Gasteiger partial charge in [-0.25, -0.2) is 4.39 Å². The molecule has 58 valence electrons. The largest absolute Gasteiger partial charge is 0.261 e. The maximum atomic E-state index is 12.8. The molecule has 0 spiro atoms. The molecule has 0 bridgehead atoms. The number of benzene rings is 1. The fourth-order valence-electron chi connectivity index (χ4n) is 0.875. The van der Waals surface area contributed by atoms with Gasteiger partial charge in [-0.05, 0) is 26.0 Å². The van der Waals surface area contributed by atoms with Crippen molar-refractivity contribution in [2.75, 3.05) is 0 Å². The fourth-order valence-corrected chi connectivity index (χ4v) is 0.875. The molecule has 0 saturated heterocycles. The van der Waals surface area contributed by atoms with Crippen molar-refractivity contribution in [3.8, 4) is 0 Å². The second-order valence-corrected chi connectivity index (χ2v) is 2.27. The summed E-state index contributed by atoms with van der Waals surface area (Å²) in [6.07, 6.45) is 1.65. The van der Waals surface area contributed by atoms with Crippen LogP contribution in [0.3, 0.4) is 0 Å². The average molecular weight is 151 g/mol. The number of hydrogen-bond donors (Lipinski definition) is 0. The SMILES string of the molecule is CC=Nc1cccc(F)c1C. The molecule has 2 heteroatoms. The summed E-state index contributed by atoms with van der Waals surface area (Å²) in [5.74, 6) is -0.201. The Labute approximate surface area is 65.6 Å². The topological polar surface area (TPSA) is 12.4 Å². The number of aliphatic imine (C=N–C) groups is 1. The van der Waals surface area contributed by atoms with E-state index in [0.29, 0.717) is 11.3 Å². The Morgan fingerprint density at radius 2 is 2.18 bits per heavy atom. The molecule has 0 aliphatic carbocycles. The van der Waals surface area contributed by atoms with E-state index in [0.717, 1.165) is 0 Å². The van der Waals surface area contributed by atoms with Crippen LogP contribution in [0.1, 0.15) is 12.5 Å². The summed E-state index contributed by atoms with van der Waals surface area (Å²) in [6.45, 7) is 3.53. The Morgan fingerprint density at radius 1 is 1.45 bits per heavy atom. The minimum absolute atomic E-state index is 0.201. The second kappa shape index (κ2) is 3.28. The molecular weight excluding hydrogens is 141 g/mol. The van der Waals surface area contributed by atoms with E-state index < -0.39 is 0 Å². The molecule has 0 saturated carbocycles. The van der Waals surface area contributed by atoms with E-state index in [1.165, 1.54) is 6.07 Å². The van der Waals surface area contributed by atoms with Gasteiger partial charge < -0.3 is 0 Å². The van der Waals surface area contributed by atoms with Crippen LogP contribution < -0.4 is 0 Å². The van der Waals surface area contributed by atoms with Gasteiger partial charge in [-0.2, -0.15) is 0 Å². The molecule has 0 aliphatic heterocycles. The lowest BCUT2D eigenvalue weighted by Gasteiger charge is -1.98. The lowest BCUT2D eigenvalue weighted by atomic mass is 10.2. The van der Waals surface area contributed by atoms with E-state index >= 15 is 0 Å². The summed E-state index contributed by atoms with van der Waals surface area (Å²) < 4.78 is 12.8. The minimum atomic E-state index is -0.201. The van der Waals surface area contributed by atoms with E-state index in [4.69, 9.17) is 0 Å². The highest BCUT2D eigenvalue weighted by atomic mass is 19.1. The maximum Gasteiger partial charge on any atom is 0.128 e. The summed E-state index contributed by atoms with van der Waals surface area (Å²) in [4.78, 5) is 4.00. The van der Waals surface area contributed by atoms with Crippen LogP contribution in [0.2, 0.25) is 0 Å². The molecule has 1 rings (SSSR count). The van der Waals surface area contributed by atoms with Crippen LogP contribution in [0.4, 0.5) is 10.1 Å². The third-order valence-electron chi connectivity index (χ3n) is 1.51. The monoisotopic (exact) mass is 151 g/mol. The Bertz CT molecular complexity index is 279. The Kier molecular flexibility index (Phi) is 2.36. The smallest absolute Gasteiger partial charge is 0.128 e. The van der Waals surface area contributed by atoms with Gasteiger partial charge in [0.05, 0.1) is 5.69 Å². The first-order valence-electron chi connectivity index (χ1n) is 3.49. The van der Waals surface area contributed by atoms with Crippen molar-refractivity contribution in [3.05, 3.63) is 29.6 Å². The Balaban J connectivity index is 3.16. The predicted octanol–water partition coefficient (Wildman–Crippen LogP) is 2.86. The number of halogens is 1. The van der Waals surface area contributed by atoms with Gasteiger partial charge in [-0.1, -0.05) is 6.07 Å². The quantitative estimate of drug-likeness (QED) is 0.547. The second-order valence-electron chi connectivity index (χ2n) is 2.27. The molecule has 0 fully saturated rings. The van der Waals surface area contributed by atoms with Crippen molar-refractivity contribution in [2.24, 2.45) is 4.99 Å². The first-order chi connectivity index (χ1) is 5.25. The van der Waals surface area contributed by atoms with Gasteiger partial charge in [0.15, 0.2) is 0 Å². The lowest BCUT2D eigenvalue weighted by molar-refractivity contribution is 0.619. The van der Waals surface area contributed by atoms with Gasteiger partial charge in [-0.15, -0.1) is 0 Å². The molecule has 11 heavy (non-hydrogen) atoms. The minimum Gasteiger partial charge on any atom is -0.261 e. The zero-order valence-electron chi connectivity index (χ0n) is 6.63. The zero-order valence-corrected chi connectivity index (χ0v) is 6.63. The number of rotatable bonds is 1. The Hall–Kier alpha value is -1.18. The van der Waals surface area contributed by atoms with Gasteiger partial charge in [0, 0.05) is 11.8 Å². The Morgan fingerprint density at radius 3 is 2.82 bits per heavy atom. The van der Waals surface area contributed by atoms with Crippen molar-refractivity contribution in [3.63, 3.8) is 0 Å². The average Bonchev–Trinajstić information content (AvgIpc) is 1.99. The molecule has 0 aliphatic rings. The van der Waals surface area contributed by atoms with Gasteiger partial charge in [0.2, 0.25) is 0 Å². The van der Waals surface area contributed by atoms with Crippen molar-refractivity contribution in [1.29, 1.82) is 0 Å². The van der Waals surface area contributed by atoms with Gasteiger partial charge >= 0.3 is 0 Å². The first kappa shape index (κ1) is 7.92. The van der Waals surface area contributed by atoms with E-state index in [9.17, 15) is 4.39 Å². The number of nitrogens with zero attached hydrogens (tertiary/aromatic N) is 1. The molecule has 0 heterocycles. The molecular formula is C9H10FN. The molecule has 0 amide bonds. The van der Waals surface area contributed by atoms with E-state index in [1.807, 2.05) is 6.92 Å². The molecule has 1 nitrogen and oxygen atoms in total. The van der Waals surface area contributed by atoms with Gasteiger partial charge in [0.1, 0.15) is 5.82 Å². The van der Waals surface area contributed by atoms with Crippen LogP contribution in [0, 0.1) is 12.7 Å². The molecule has 1 aromatic carbocycles. The molecule has 1 aromatic rings. The zero-order chi connectivity index (χ0) is 8.27. The van der Waals surface area contributed by atoms with Crippen molar-refractivity contribution in [1.82, 2.24) is 0 Å². The maximum absolute atomic E-state index is 12.8. The summed E-state index contributed by atoms with van der Waals surface area (Å²) in [5, 5.41) is 0. The lowest BCUT2D eigenvalue weighted by Crippen LogP contribution is -1.80. The molecule has 0 radical (unpaired) electrons. The van der Waals surface area contributed by atoms with Crippen LogP contribution >= 0.6 is 0 Å². The first-order valence-corrected chi connectivity index (χ1v) is 3.49. The molecule has 0 atom stereocenters. The van der Waals surface area contributed by atoms with E-state index in [1.54, 1.807) is 25.3 Å². The van der Waals surface area contributed by atoms with Crippen molar-refractivity contribution < 1.29 is 4.39 Å². The highest BCUT2D eigenvalue weighted by Crippen LogP contribution is 2.19. The molecule has 0 aromatic heterocycles. The third kappa shape index (κ3) is 1.64. The fraction of sp³-hybridized carbons (Fsp3) is 0.222.